The Balaban J connectivity index is 1.32. The van der Waals surface area contributed by atoms with E-state index in [1.54, 1.807) is 0 Å². The molecule has 0 unspecified atom stereocenters. The highest BCUT2D eigenvalue weighted by Crippen LogP contribution is 2.51. The summed E-state index contributed by atoms with van der Waals surface area (Å²) in [7, 11) is 0. The maximum Gasteiger partial charge on any atom is 0.137 e. The molecule has 45 heavy (non-hydrogen) atoms. The molecule has 214 valence electrons. The SMILES string of the molecule is CC1(C)c2ccccc2-c2ccc(N(c3cccc(-c4ccccc4)c3)c3cccc4oc5cc6ccccc6cc5c34)cc21. The molecule has 7 aromatic carbocycles. The molecule has 0 aliphatic heterocycles. The highest BCUT2D eigenvalue weighted by molar-refractivity contribution is 6.16. The van der Waals surface area contributed by atoms with E-state index in [1.165, 1.54) is 44.2 Å². The smallest absolute Gasteiger partial charge is 0.137 e. The zero-order valence-electron chi connectivity index (χ0n) is 25.3. The highest BCUT2D eigenvalue weighted by atomic mass is 16.3. The van der Waals surface area contributed by atoms with Crippen LogP contribution >= 0.6 is 0 Å². The lowest BCUT2D eigenvalue weighted by Crippen LogP contribution is -2.16. The quantitative estimate of drug-likeness (QED) is 0.207. The molecule has 0 amide bonds. The minimum absolute atomic E-state index is 0.104. The van der Waals surface area contributed by atoms with Crippen molar-refractivity contribution in [3.63, 3.8) is 0 Å². The Hall–Kier alpha value is -5.60. The second-order valence-corrected chi connectivity index (χ2v) is 12.6. The van der Waals surface area contributed by atoms with Gasteiger partial charge >= 0.3 is 0 Å². The molecule has 0 spiro atoms. The van der Waals surface area contributed by atoms with Crippen LogP contribution in [0.4, 0.5) is 17.1 Å². The van der Waals surface area contributed by atoms with Crippen molar-refractivity contribution in [3.05, 3.63) is 163 Å². The summed E-state index contributed by atoms with van der Waals surface area (Å²) in [5, 5.41) is 4.62. The number of furan rings is 1. The summed E-state index contributed by atoms with van der Waals surface area (Å²) in [5.74, 6) is 0. The summed E-state index contributed by atoms with van der Waals surface area (Å²) in [6.45, 7) is 4.69. The van der Waals surface area contributed by atoms with Crippen LogP contribution in [-0.4, -0.2) is 0 Å². The number of fused-ring (bicyclic) bond motifs is 7. The fourth-order valence-electron chi connectivity index (χ4n) is 7.39. The molecule has 2 nitrogen and oxygen atoms in total. The number of anilines is 3. The van der Waals surface area contributed by atoms with Crippen molar-refractivity contribution in [2.24, 2.45) is 0 Å². The molecule has 1 heterocycles. The Morgan fingerprint density at radius 1 is 0.489 bits per heavy atom. The van der Waals surface area contributed by atoms with Crippen LogP contribution in [0, 0.1) is 0 Å². The van der Waals surface area contributed by atoms with Crippen molar-refractivity contribution in [1.82, 2.24) is 0 Å². The molecule has 1 aromatic heterocycles. The second kappa shape index (κ2) is 9.70. The van der Waals surface area contributed by atoms with Crippen molar-refractivity contribution in [2.45, 2.75) is 19.3 Å². The molecule has 0 bridgehead atoms. The normalized spacial score (nSPS) is 13.3. The Morgan fingerprint density at radius 2 is 1.18 bits per heavy atom. The van der Waals surface area contributed by atoms with E-state index in [0.717, 1.165) is 39.0 Å². The summed E-state index contributed by atoms with van der Waals surface area (Å²) in [6.07, 6.45) is 0. The Bertz CT molecular complexity index is 2410. The molecule has 0 radical (unpaired) electrons. The van der Waals surface area contributed by atoms with Crippen LogP contribution in [0.3, 0.4) is 0 Å². The molecular weight excluding hydrogens is 546 g/mol. The van der Waals surface area contributed by atoms with Gasteiger partial charge in [0, 0.05) is 22.2 Å². The standard InChI is InChI=1S/C43H31NO/c1-43(2)37-19-9-8-18-34(37)35-23-22-33(27-38(35)43)44(32-17-10-16-29(24-32)28-12-4-3-5-13-28)39-20-11-21-40-42(39)36-25-30-14-6-7-15-31(30)26-41(36)45-40/h3-27H,1-2H3. The van der Waals surface area contributed by atoms with Gasteiger partial charge in [0.05, 0.1) is 11.1 Å². The first-order valence-corrected chi connectivity index (χ1v) is 15.6. The fraction of sp³-hybridized carbons (Fsp3) is 0.0698. The molecule has 0 saturated heterocycles. The predicted molar refractivity (Wildman–Crippen MR) is 189 cm³/mol. The van der Waals surface area contributed by atoms with E-state index in [-0.39, 0.29) is 5.41 Å². The predicted octanol–water partition coefficient (Wildman–Crippen LogP) is 12.2. The molecule has 1 aliphatic carbocycles. The van der Waals surface area contributed by atoms with Crippen LogP contribution in [0.25, 0.3) is 55.0 Å². The third kappa shape index (κ3) is 3.96. The summed E-state index contributed by atoms with van der Waals surface area (Å²) < 4.78 is 6.54. The first kappa shape index (κ1) is 25.9. The van der Waals surface area contributed by atoms with E-state index in [2.05, 4.69) is 170 Å². The van der Waals surface area contributed by atoms with E-state index >= 15 is 0 Å². The minimum atomic E-state index is -0.104. The number of benzene rings is 7. The van der Waals surface area contributed by atoms with Gasteiger partial charge in [-0.05, 0) is 92.7 Å². The molecule has 0 atom stereocenters. The molecule has 0 saturated carbocycles. The van der Waals surface area contributed by atoms with Gasteiger partial charge in [0.2, 0.25) is 0 Å². The first-order chi connectivity index (χ1) is 22.1. The minimum Gasteiger partial charge on any atom is -0.456 e. The highest BCUT2D eigenvalue weighted by Gasteiger charge is 2.36. The zero-order valence-corrected chi connectivity index (χ0v) is 25.3. The van der Waals surface area contributed by atoms with Crippen molar-refractivity contribution in [3.8, 4) is 22.3 Å². The van der Waals surface area contributed by atoms with Gasteiger partial charge in [0.15, 0.2) is 0 Å². The number of hydrogen-bond acceptors (Lipinski definition) is 2. The molecule has 0 fully saturated rings. The fourth-order valence-corrected chi connectivity index (χ4v) is 7.39. The molecule has 2 heteroatoms. The lowest BCUT2D eigenvalue weighted by molar-refractivity contribution is 0.660. The molecular formula is C43H31NO. The van der Waals surface area contributed by atoms with Gasteiger partial charge in [0.1, 0.15) is 11.2 Å². The maximum absolute atomic E-state index is 6.54. The van der Waals surface area contributed by atoms with Crippen molar-refractivity contribution < 1.29 is 4.42 Å². The van der Waals surface area contributed by atoms with Crippen LogP contribution in [0.1, 0.15) is 25.0 Å². The lowest BCUT2D eigenvalue weighted by Gasteiger charge is -2.29. The van der Waals surface area contributed by atoms with E-state index in [1.807, 2.05) is 0 Å². The second-order valence-electron chi connectivity index (χ2n) is 12.6. The van der Waals surface area contributed by atoms with E-state index in [4.69, 9.17) is 4.42 Å². The van der Waals surface area contributed by atoms with Gasteiger partial charge < -0.3 is 9.32 Å². The van der Waals surface area contributed by atoms with E-state index in [9.17, 15) is 0 Å². The Kier molecular flexibility index (Phi) is 5.58. The third-order valence-corrected chi connectivity index (χ3v) is 9.62. The number of nitrogens with zero attached hydrogens (tertiary/aromatic N) is 1. The molecule has 9 rings (SSSR count). The number of rotatable bonds is 4. The monoisotopic (exact) mass is 577 g/mol. The van der Waals surface area contributed by atoms with Gasteiger partial charge in [0.25, 0.3) is 0 Å². The number of hydrogen-bond donors (Lipinski definition) is 0. The average Bonchev–Trinajstić information content (AvgIpc) is 3.56. The molecule has 0 N–H and O–H groups in total. The summed E-state index contributed by atoms with van der Waals surface area (Å²) in [5.41, 5.74) is 12.8. The zero-order chi connectivity index (χ0) is 30.1. The van der Waals surface area contributed by atoms with Gasteiger partial charge in [-0.25, -0.2) is 0 Å². The van der Waals surface area contributed by atoms with Gasteiger partial charge in [-0.1, -0.05) is 117 Å². The average molecular weight is 578 g/mol. The first-order valence-electron chi connectivity index (χ1n) is 15.6. The molecule has 8 aromatic rings. The van der Waals surface area contributed by atoms with Crippen LogP contribution < -0.4 is 4.90 Å². The van der Waals surface area contributed by atoms with Gasteiger partial charge in [-0.2, -0.15) is 0 Å². The molecule has 1 aliphatic rings. The summed E-state index contributed by atoms with van der Waals surface area (Å²) in [4.78, 5) is 2.41. The maximum atomic E-state index is 6.54. The Morgan fingerprint density at radius 3 is 2.04 bits per heavy atom. The van der Waals surface area contributed by atoms with Crippen molar-refractivity contribution >= 4 is 49.8 Å². The van der Waals surface area contributed by atoms with Gasteiger partial charge in [-0.3, -0.25) is 0 Å². The lowest BCUT2D eigenvalue weighted by atomic mass is 9.82. The van der Waals surface area contributed by atoms with E-state index < -0.39 is 0 Å². The third-order valence-electron chi connectivity index (χ3n) is 9.62. The van der Waals surface area contributed by atoms with Crippen molar-refractivity contribution in [1.29, 1.82) is 0 Å². The van der Waals surface area contributed by atoms with Crippen LogP contribution in [-0.2, 0) is 5.41 Å². The van der Waals surface area contributed by atoms with Crippen molar-refractivity contribution in [2.75, 3.05) is 4.90 Å². The Labute approximate surface area is 262 Å². The topological polar surface area (TPSA) is 16.4 Å². The van der Waals surface area contributed by atoms with Gasteiger partial charge in [-0.15, -0.1) is 0 Å². The van der Waals surface area contributed by atoms with Crippen LogP contribution in [0.15, 0.2) is 156 Å². The summed E-state index contributed by atoms with van der Waals surface area (Å²) >= 11 is 0. The summed E-state index contributed by atoms with van der Waals surface area (Å²) in [6, 6.07) is 54.7. The largest absolute Gasteiger partial charge is 0.456 e. The van der Waals surface area contributed by atoms with E-state index in [0.29, 0.717) is 0 Å². The van der Waals surface area contributed by atoms with Crippen LogP contribution in [0.2, 0.25) is 0 Å². The van der Waals surface area contributed by atoms with Crippen LogP contribution in [0.5, 0.6) is 0 Å².